The first-order valence-electron chi connectivity index (χ1n) is 9.65. The van der Waals surface area contributed by atoms with Gasteiger partial charge in [0.15, 0.2) is 0 Å². The Morgan fingerprint density at radius 3 is 2.69 bits per heavy atom. The number of nitrogens with one attached hydrogen (secondary N) is 1. The van der Waals surface area contributed by atoms with Gasteiger partial charge in [0.2, 0.25) is 0 Å². The molecular weight excluding hydrogens is 362 g/mol. The highest BCUT2D eigenvalue weighted by atomic mass is 16.2. The highest BCUT2D eigenvalue weighted by molar-refractivity contribution is 5.93. The molecule has 2 aromatic carbocycles. The Kier molecular flexibility index (Phi) is 4.24. The van der Waals surface area contributed by atoms with Crippen molar-refractivity contribution in [1.29, 1.82) is 0 Å². The first-order chi connectivity index (χ1) is 14.2. The van der Waals surface area contributed by atoms with E-state index in [1.807, 2.05) is 66.8 Å². The summed E-state index contributed by atoms with van der Waals surface area (Å²) < 4.78 is 1.81. The maximum Gasteiger partial charge on any atom is 0.272 e. The van der Waals surface area contributed by atoms with Gasteiger partial charge in [-0.15, -0.1) is 0 Å². The van der Waals surface area contributed by atoms with Crippen LogP contribution in [0.2, 0.25) is 0 Å². The number of rotatable bonds is 3. The topological polar surface area (TPSA) is 66.8 Å². The molecule has 0 spiro atoms. The Morgan fingerprint density at radius 2 is 1.90 bits per heavy atom. The fourth-order valence-electron chi connectivity index (χ4n) is 4.03. The third-order valence-corrected chi connectivity index (χ3v) is 5.49. The predicted molar refractivity (Wildman–Crippen MR) is 110 cm³/mol. The second-order valence-electron chi connectivity index (χ2n) is 7.42. The molecule has 2 aromatic heterocycles. The van der Waals surface area contributed by atoms with Crippen molar-refractivity contribution in [2.24, 2.45) is 7.05 Å². The molecule has 0 aliphatic carbocycles. The van der Waals surface area contributed by atoms with Crippen molar-refractivity contribution in [3.63, 3.8) is 0 Å². The number of carbonyl (C=O) groups excluding carboxylic acids is 1. The summed E-state index contributed by atoms with van der Waals surface area (Å²) in [6.07, 6.45) is 3.91. The molecule has 1 aliphatic rings. The van der Waals surface area contributed by atoms with Crippen LogP contribution in [0.4, 0.5) is 0 Å². The summed E-state index contributed by atoms with van der Waals surface area (Å²) in [4.78, 5) is 15.2. The van der Waals surface area contributed by atoms with Crippen molar-refractivity contribution in [2.75, 3.05) is 6.54 Å². The number of nitrogens with zero attached hydrogens (tertiary/aromatic N) is 4. The van der Waals surface area contributed by atoms with Crippen molar-refractivity contribution in [3.05, 3.63) is 95.4 Å². The van der Waals surface area contributed by atoms with E-state index < -0.39 is 0 Å². The number of aromatic amines is 1. The molecule has 6 nitrogen and oxygen atoms in total. The van der Waals surface area contributed by atoms with Gasteiger partial charge in [-0.05, 0) is 22.8 Å². The molecule has 6 heteroatoms. The van der Waals surface area contributed by atoms with E-state index in [0.29, 0.717) is 18.8 Å². The smallest absolute Gasteiger partial charge is 0.272 e. The van der Waals surface area contributed by atoms with Gasteiger partial charge in [-0.3, -0.25) is 14.6 Å². The molecule has 1 aliphatic heterocycles. The maximum atomic E-state index is 13.3. The summed E-state index contributed by atoms with van der Waals surface area (Å²) in [5, 5.41) is 11.6. The number of hydrogen-bond acceptors (Lipinski definition) is 3. The molecule has 0 unspecified atom stereocenters. The van der Waals surface area contributed by atoms with Gasteiger partial charge in [-0.1, -0.05) is 54.6 Å². The third-order valence-electron chi connectivity index (χ3n) is 5.49. The van der Waals surface area contributed by atoms with Crippen LogP contribution in [0.1, 0.15) is 33.1 Å². The number of H-pyrrole nitrogens is 1. The first kappa shape index (κ1) is 17.4. The lowest BCUT2D eigenvalue weighted by atomic mass is 9.86. The summed E-state index contributed by atoms with van der Waals surface area (Å²) in [6.45, 7) is 1.20. The summed E-state index contributed by atoms with van der Waals surface area (Å²) in [6, 6.07) is 20.0. The van der Waals surface area contributed by atoms with E-state index >= 15 is 0 Å². The summed E-state index contributed by atoms with van der Waals surface area (Å²) >= 11 is 0. The average molecular weight is 383 g/mol. The number of aromatic nitrogens is 4. The van der Waals surface area contributed by atoms with Gasteiger partial charge in [0.25, 0.3) is 5.91 Å². The number of carbonyl (C=O) groups is 1. The van der Waals surface area contributed by atoms with Gasteiger partial charge >= 0.3 is 0 Å². The van der Waals surface area contributed by atoms with Crippen LogP contribution in [-0.4, -0.2) is 37.3 Å². The number of fused-ring (bicyclic) bond motifs is 1. The van der Waals surface area contributed by atoms with Gasteiger partial charge in [0, 0.05) is 37.8 Å². The molecule has 5 rings (SSSR count). The van der Waals surface area contributed by atoms with E-state index in [9.17, 15) is 4.79 Å². The lowest BCUT2D eigenvalue weighted by Crippen LogP contribution is -2.38. The lowest BCUT2D eigenvalue weighted by molar-refractivity contribution is 0.0719. The molecule has 1 atom stereocenters. The quantitative estimate of drug-likeness (QED) is 0.588. The van der Waals surface area contributed by atoms with E-state index in [1.54, 1.807) is 4.68 Å². The standard InChI is InChI=1S/C23H21N5O/c1-27-13-18(12-24-27)20-15-28(14-17-9-5-6-10-19(17)20)23(29)22-11-21(25-26-22)16-7-3-2-4-8-16/h2-13,20H,14-15H2,1H3,(H,25,26)/t20-/m0/s1. The predicted octanol–water partition coefficient (Wildman–Crippen LogP) is 3.60. The minimum atomic E-state index is -0.0388. The Hall–Kier alpha value is -3.67. The molecular formula is C23H21N5O. The van der Waals surface area contributed by atoms with Crippen LogP contribution in [0.25, 0.3) is 11.3 Å². The van der Waals surface area contributed by atoms with E-state index in [-0.39, 0.29) is 11.8 Å². The number of aryl methyl sites for hydroxylation is 1. The maximum absolute atomic E-state index is 13.3. The van der Waals surface area contributed by atoms with Crippen LogP contribution in [0, 0.1) is 0 Å². The zero-order valence-electron chi connectivity index (χ0n) is 16.1. The first-order valence-corrected chi connectivity index (χ1v) is 9.65. The largest absolute Gasteiger partial charge is 0.332 e. The zero-order chi connectivity index (χ0) is 19.8. The molecule has 0 radical (unpaired) electrons. The van der Waals surface area contributed by atoms with E-state index in [1.165, 1.54) is 11.1 Å². The van der Waals surface area contributed by atoms with Crippen molar-refractivity contribution >= 4 is 5.91 Å². The van der Waals surface area contributed by atoms with Crippen LogP contribution in [0.15, 0.2) is 73.1 Å². The van der Waals surface area contributed by atoms with Crippen molar-refractivity contribution in [1.82, 2.24) is 24.9 Å². The summed E-state index contributed by atoms with van der Waals surface area (Å²) in [5.74, 6) is 0.0668. The average Bonchev–Trinajstić information content (AvgIpc) is 3.42. The molecule has 29 heavy (non-hydrogen) atoms. The van der Waals surface area contributed by atoms with Gasteiger partial charge in [0.1, 0.15) is 5.69 Å². The highest BCUT2D eigenvalue weighted by Gasteiger charge is 2.31. The van der Waals surface area contributed by atoms with E-state index in [0.717, 1.165) is 16.8 Å². The normalized spacial score (nSPS) is 15.9. The van der Waals surface area contributed by atoms with E-state index in [2.05, 4.69) is 33.5 Å². The number of hydrogen-bond donors (Lipinski definition) is 1. The van der Waals surface area contributed by atoms with Crippen LogP contribution in [0.3, 0.4) is 0 Å². The molecule has 3 heterocycles. The van der Waals surface area contributed by atoms with Gasteiger partial charge < -0.3 is 4.90 Å². The summed E-state index contributed by atoms with van der Waals surface area (Å²) in [5.41, 5.74) is 5.82. The minimum Gasteiger partial charge on any atom is -0.332 e. The molecule has 1 amide bonds. The SMILES string of the molecule is Cn1cc([C@@H]2CN(C(=O)c3cc(-c4ccccc4)n[nH]3)Cc3ccccc32)cn1. The molecule has 4 aromatic rings. The Balaban J connectivity index is 1.46. The lowest BCUT2D eigenvalue weighted by Gasteiger charge is -2.34. The number of benzene rings is 2. The van der Waals surface area contributed by atoms with Crippen molar-refractivity contribution in [3.8, 4) is 11.3 Å². The monoisotopic (exact) mass is 383 g/mol. The molecule has 0 fully saturated rings. The number of amides is 1. The summed E-state index contributed by atoms with van der Waals surface area (Å²) in [7, 11) is 1.91. The second kappa shape index (κ2) is 7.05. The molecule has 0 saturated heterocycles. The molecule has 0 bridgehead atoms. The van der Waals surface area contributed by atoms with Gasteiger partial charge in [0.05, 0.1) is 11.9 Å². The Morgan fingerprint density at radius 1 is 1.10 bits per heavy atom. The third kappa shape index (κ3) is 3.23. The fourth-order valence-corrected chi connectivity index (χ4v) is 4.03. The fraction of sp³-hybridized carbons (Fsp3) is 0.174. The van der Waals surface area contributed by atoms with Crippen LogP contribution >= 0.6 is 0 Å². The van der Waals surface area contributed by atoms with Gasteiger partial charge in [-0.2, -0.15) is 10.2 Å². The Labute approximate surface area is 168 Å². The Bertz CT molecular complexity index is 1160. The second-order valence-corrected chi connectivity index (χ2v) is 7.42. The van der Waals surface area contributed by atoms with Crippen molar-refractivity contribution in [2.45, 2.75) is 12.5 Å². The van der Waals surface area contributed by atoms with Crippen LogP contribution in [-0.2, 0) is 13.6 Å². The molecule has 0 saturated carbocycles. The van der Waals surface area contributed by atoms with Gasteiger partial charge in [-0.25, -0.2) is 0 Å². The molecule has 1 N–H and O–H groups in total. The van der Waals surface area contributed by atoms with Crippen LogP contribution < -0.4 is 0 Å². The van der Waals surface area contributed by atoms with E-state index in [4.69, 9.17) is 0 Å². The minimum absolute atomic E-state index is 0.0388. The molecule has 144 valence electrons. The van der Waals surface area contributed by atoms with Crippen LogP contribution in [0.5, 0.6) is 0 Å². The zero-order valence-corrected chi connectivity index (χ0v) is 16.1. The van der Waals surface area contributed by atoms with Crippen molar-refractivity contribution < 1.29 is 4.79 Å². The highest BCUT2D eigenvalue weighted by Crippen LogP contribution is 2.34.